The summed E-state index contributed by atoms with van der Waals surface area (Å²) in [4.78, 5) is 0. The Bertz CT molecular complexity index is 282. The van der Waals surface area contributed by atoms with Gasteiger partial charge in [0.1, 0.15) is 0 Å². The molecule has 0 bridgehead atoms. The van der Waals surface area contributed by atoms with Gasteiger partial charge in [-0.3, -0.25) is 0 Å². The number of hydrogen-bond donors (Lipinski definition) is 4. The van der Waals surface area contributed by atoms with E-state index in [9.17, 15) is 0 Å². The Labute approximate surface area is 105 Å². The smallest absolute Gasteiger partial charge is 0.150 e. The van der Waals surface area contributed by atoms with Crippen LogP contribution in [-0.4, -0.2) is 14.1 Å². The quantitative estimate of drug-likeness (QED) is 0.344. The zero-order chi connectivity index (χ0) is 11.5. The summed E-state index contributed by atoms with van der Waals surface area (Å²) in [5.41, 5.74) is 11.6. The van der Waals surface area contributed by atoms with Gasteiger partial charge in [-0.25, -0.2) is 5.43 Å². The van der Waals surface area contributed by atoms with Crippen molar-refractivity contribution in [3.8, 4) is 0 Å². The van der Waals surface area contributed by atoms with E-state index >= 15 is 0 Å². The van der Waals surface area contributed by atoms with Crippen molar-refractivity contribution >= 4 is 40.9 Å². The van der Waals surface area contributed by atoms with E-state index in [0.717, 1.165) is 0 Å². The van der Waals surface area contributed by atoms with E-state index in [-0.39, 0.29) is 0 Å². The number of rotatable bonds is 5. The molecule has 1 heterocycles. The molecule has 1 atom stereocenters. The Kier molecular flexibility index (Phi) is 4.25. The number of hydrazine groups is 1. The molecule has 0 spiro atoms. The summed E-state index contributed by atoms with van der Waals surface area (Å²) >= 11 is 11.0. The Morgan fingerprint density at radius 3 is 2.40 bits per heavy atom. The van der Waals surface area contributed by atoms with Crippen LogP contribution in [0.15, 0.2) is 25.3 Å². The lowest BCUT2D eigenvalue weighted by Gasteiger charge is -2.40. The van der Waals surface area contributed by atoms with Crippen LogP contribution in [0.3, 0.4) is 0 Å². The molecule has 1 unspecified atom stereocenters. The van der Waals surface area contributed by atoms with Crippen molar-refractivity contribution in [2.24, 2.45) is 5.73 Å². The maximum atomic E-state index is 6.32. The first-order valence-corrected chi connectivity index (χ1v) is 6.14. The molecule has 1 aliphatic rings. The molecule has 0 aromatic heterocycles. The van der Waals surface area contributed by atoms with Gasteiger partial charge in [0.05, 0.1) is 5.54 Å². The fourth-order valence-corrected chi connectivity index (χ4v) is 3.39. The van der Waals surface area contributed by atoms with Crippen LogP contribution in [0.4, 0.5) is 0 Å². The topological polar surface area (TPSA) is 50.1 Å². The molecule has 4 N–H and O–H groups in total. The first-order chi connectivity index (χ1) is 6.97. The highest BCUT2D eigenvalue weighted by atomic mass is 32.2. The van der Waals surface area contributed by atoms with Crippen molar-refractivity contribution < 1.29 is 0 Å². The monoisotopic (exact) mass is 261 g/mol. The molecule has 0 aliphatic carbocycles. The summed E-state index contributed by atoms with van der Waals surface area (Å²) in [5, 5.41) is 0. The molecule has 0 radical (unpaired) electrons. The predicted octanol–water partition coefficient (Wildman–Crippen LogP) is 1.55. The third kappa shape index (κ3) is 2.57. The molecule has 6 heteroatoms. The second kappa shape index (κ2) is 4.88. The highest BCUT2D eigenvalue weighted by molar-refractivity contribution is 8.29. The minimum Gasteiger partial charge on any atom is -0.322 e. The normalized spacial score (nSPS) is 26.1. The van der Waals surface area contributed by atoms with E-state index in [4.69, 9.17) is 18.0 Å². The van der Waals surface area contributed by atoms with Crippen LogP contribution >= 0.6 is 36.6 Å². The van der Waals surface area contributed by atoms with Crippen LogP contribution in [0.25, 0.3) is 0 Å². The first kappa shape index (κ1) is 13.1. The van der Waals surface area contributed by atoms with E-state index in [2.05, 4.69) is 36.6 Å². The SMILES string of the molecule is C=CCC(N)(CC=C)C1(S)NNC(=S)S1. The predicted molar refractivity (Wildman–Crippen MR) is 74.7 cm³/mol. The van der Waals surface area contributed by atoms with Crippen molar-refractivity contribution in [1.82, 2.24) is 10.9 Å². The molecule has 1 fully saturated rings. The lowest BCUT2D eigenvalue weighted by atomic mass is 9.91. The molecule has 84 valence electrons. The van der Waals surface area contributed by atoms with Gasteiger partial charge in [0, 0.05) is 0 Å². The van der Waals surface area contributed by atoms with Gasteiger partial charge in [-0.1, -0.05) is 36.1 Å². The maximum absolute atomic E-state index is 6.32. The lowest BCUT2D eigenvalue weighted by molar-refractivity contribution is 0.348. The van der Waals surface area contributed by atoms with Crippen LogP contribution < -0.4 is 16.6 Å². The number of thioether (sulfide) groups is 1. The average molecular weight is 261 g/mol. The zero-order valence-electron chi connectivity index (χ0n) is 8.32. The first-order valence-electron chi connectivity index (χ1n) is 4.46. The molecule has 0 aromatic rings. The molecule has 3 nitrogen and oxygen atoms in total. The Hall–Kier alpha value is -0.0100. The molecular formula is C9H15N3S3. The number of thiocarbonyl (C=S) groups is 1. The average Bonchev–Trinajstić information content (AvgIpc) is 2.49. The van der Waals surface area contributed by atoms with E-state index in [0.29, 0.717) is 17.2 Å². The summed E-state index contributed by atoms with van der Waals surface area (Å²) in [7, 11) is 0. The minimum absolute atomic E-state index is 0.572. The maximum Gasteiger partial charge on any atom is 0.150 e. The molecule has 0 saturated carbocycles. The minimum atomic E-state index is -0.632. The fourth-order valence-electron chi connectivity index (χ4n) is 1.42. The number of nitrogens with one attached hydrogen (secondary N) is 2. The van der Waals surface area contributed by atoms with Gasteiger partial charge < -0.3 is 11.2 Å². The van der Waals surface area contributed by atoms with Gasteiger partial charge in [-0.05, 0) is 12.8 Å². The van der Waals surface area contributed by atoms with Gasteiger partial charge in [0.25, 0.3) is 0 Å². The van der Waals surface area contributed by atoms with Crippen molar-refractivity contribution in [1.29, 1.82) is 0 Å². The van der Waals surface area contributed by atoms with Crippen LogP contribution in [0.2, 0.25) is 0 Å². The highest BCUT2D eigenvalue weighted by Gasteiger charge is 2.49. The van der Waals surface area contributed by atoms with Gasteiger partial charge in [-0.2, -0.15) is 0 Å². The molecule has 1 rings (SSSR count). The number of nitrogens with two attached hydrogens (primary N) is 1. The summed E-state index contributed by atoms with van der Waals surface area (Å²) < 4.78 is 0.0138. The van der Waals surface area contributed by atoms with Crippen molar-refractivity contribution in [2.75, 3.05) is 0 Å². The summed E-state index contributed by atoms with van der Waals surface area (Å²) in [6.45, 7) is 7.42. The second-order valence-corrected chi connectivity index (χ2v) is 6.29. The van der Waals surface area contributed by atoms with E-state index in [1.807, 2.05) is 0 Å². The molecule has 15 heavy (non-hydrogen) atoms. The van der Waals surface area contributed by atoms with Crippen LogP contribution in [0, 0.1) is 0 Å². The van der Waals surface area contributed by atoms with Crippen LogP contribution in [0.5, 0.6) is 0 Å². The second-order valence-electron chi connectivity index (χ2n) is 3.43. The number of hydrogen-bond acceptors (Lipinski definition) is 5. The van der Waals surface area contributed by atoms with Crippen molar-refractivity contribution in [3.05, 3.63) is 25.3 Å². The molecule has 1 aliphatic heterocycles. The van der Waals surface area contributed by atoms with E-state index < -0.39 is 9.74 Å². The zero-order valence-corrected chi connectivity index (χ0v) is 10.9. The molecule has 0 amide bonds. The summed E-state index contributed by atoms with van der Waals surface area (Å²) in [5.74, 6) is 0. The molecule has 0 aromatic carbocycles. The van der Waals surface area contributed by atoms with Gasteiger partial charge in [0.2, 0.25) is 0 Å². The van der Waals surface area contributed by atoms with Crippen molar-refractivity contribution in [2.45, 2.75) is 22.6 Å². The lowest BCUT2D eigenvalue weighted by Crippen LogP contribution is -2.61. The Morgan fingerprint density at radius 2 is 2.07 bits per heavy atom. The summed E-state index contributed by atoms with van der Waals surface area (Å²) in [6.07, 6.45) is 4.83. The Balaban J connectivity index is 2.91. The third-order valence-corrected chi connectivity index (χ3v) is 4.54. The van der Waals surface area contributed by atoms with Gasteiger partial charge in [-0.15, -0.1) is 25.8 Å². The number of thiol groups is 1. The summed E-state index contributed by atoms with van der Waals surface area (Å²) in [6, 6.07) is 0. The van der Waals surface area contributed by atoms with Crippen molar-refractivity contribution in [3.63, 3.8) is 0 Å². The van der Waals surface area contributed by atoms with E-state index in [1.165, 1.54) is 11.8 Å². The van der Waals surface area contributed by atoms with E-state index in [1.54, 1.807) is 12.2 Å². The molecular weight excluding hydrogens is 246 g/mol. The third-order valence-electron chi connectivity index (χ3n) is 2.27. The highest BCUT2D eigenvalue weighted by Crippen LogP contribution is 2.42. The molecule has 1 saturated heterocycles. The largest absolute Gasteiger partial charge is 0.322 e. The fraction of sp³-hybridized carbons (Fsp3) is 0.444. The van der Waals surface area contributed by atoms with Crippen LogP contribution in [0.1, 0.15) is 12.8 Å². The standard InChI is InChI=1S/C9H15N3S3/c1-3-5-8(10,6-4-2)9(14)12-11-7(13)15-9/h3-4,12,14H,1-2,5-6,10H2,(H,11,13). The Morgan fingerprint density at radius 1 is 1.53 bits per heavy atom. The van der Waals surface area contributed by atoms with Gasteiger partial charge in [0.15, 0.2) is 8.52 Å². The van der Waals surface area contributed by atoms with Gasteiger partial charge >= 0.3 is 0 Å². The van der Waals surface area contributed by atoms with Crippen LogP contribution in [-0.2, 0) is 0 Å².